The molecule has 1 heterocycles. The summed E-state index contributed by atoms with van der Waals surface area (Å²) < 4.78 is 18.5. The number of hydrogen-bond donors (Lipinski definition) is 1. The molecule has 0 radical (unpaired) electrons. The SMILES string of the molecule is CC(C)CNCc1nnc(Oc2ccc(F)c(Cl)c2)s1. The topological polar surface area (TPSA) is 47.0 Å². The van der Waals surface area contributed by atoms with Gasteiger partial charge in [-0.05, 0) is 24.6 Å². The van der Waals surface area contributed by atoms with Crippen LogP contribution in [0.25, 0.3) is 0 Å². The van der Waals surface area contributed by atoms with Gasteiger partial charge in [-0.25, -0.2) is 4.39 Å². The quantitative estimate of drug-likeness (QED) is 0.879. The fraction of sp³-hybridized carbons (Fsp3) is 0.385. The van der Waals surface area contributed by atoms with E-state index in [0.717, 1.165) is 11.6 Å². The number of nitrogens with zero attached hydrogens (tertiary/aromatic N) is 2. The van der Waals surface area contributed by atoms with Crippen LogP contribution in [0.5, 0.6) is 10.9 Å². The molecule has 0 saturated heterocycles. The molecule has 0 bridgehead atoms. The minimum Gasteiger partial charge on any atom is -0.430 e. The van der Waals surface area contributed by atoms with E-state index in [1.165, 1.54) is 29.5 Å². The molecule has 1 aromatic heterocycles. The van der Waals surface area contributed by atoms with E-state index in [2.05, 4.69) is 29.4 Å². The molecule has 7 heteroatoms. The van der Waals surface area contributed by atoms with Crippen LogP contribution in [0.3, 0.4) is 0 Å². The van der Waals surface area contributed by atoms with Crippen LogP contribution in [-0.4, -0.2) is 16.7 Å². The molecule has 0 spiro atoms. The second-order valence-electron chi connectivity index (χ2n) is 4.66. The number of ether oxygens (including phenoxy) is 1. The summed E-state index contributed by atoms with van der Waals surface area (Å²) >= 11 is 7.03. The van der Waals surface area contributed by atoms with Gasteiger partial charge in [0.15, 0.2) is 0 Å². The minimum atomic E-state index is -0.477. The molecular formula is C13H15ClFN3OS. The summed E-state index contributed by atoms with van der Waals surface area (Å²) in [6.45, 7) is 5.85. The van der Waals surface area contributed by atoms with Crippen LogP contribution in [-0.2, 0) is 6.54 Å². The predicted octanol–water partition coefficient (Wildman–Crippen LogP) is 3.87. The highest BCUT2D eigenvalue weighted by Crippen LogP contribution is 2.28. The van der Waals surface area contributed by atoms with Crippen molar-refractivity contribution in [3.63, 3.8) is 0 Å². The number of nitrogens with one attached hydrogen (secondary N) is 1. The van der Waals surface area contributed by atoms with Gasteiger partial charge in [-0.2, -0.15) is 0 Å². The fourth-order valence-electron chi connectivity index (χ4n) is 1.46. The smallest absolute Gasteiger partial charge is 0.299 e. The van der Waals surface area contributed by atoms with Crippen LogP contribution in [0.1, 0.15) is 18.9 Å². The lowest BCUT2D eigenvalue weighted by Gasteiger charge is -2.04. The Morgan fingerprint density at radius 2 is 2.20 bits per heavy atom. The van der Waals surface area contributed by atoms with Crippen LogP contribution in [0.15, 0.2) is 18.2 Å². The van der Waals surface area contributed by atoms with Crippen molar-refractivity contribution in [1.29, 1.82) is 0 Å². The van der Waals surface area contributed by atoms with Gasteiger partial charge in [0.2, 0.25) is 0 Å². The highest BCUT2D eigenvalue weighted by Gasteiger charge is 2.08. The number of benzene rings is 1. The van der Waals surface area contributed by atoms with E-state index >= 15 is 0 Å². The van der Waals surface area contributed by atoms with Crippen LogP contribution in [0.4, 0.5) is 4.39 Å². The van der Waals surface area contributed by atoms with Crippen LogP contribution in [0.2, 0.25) is 5.02 Å². The Bertz CT molecular complexity index is 576. The Morgan fingerprint density at radius 3 is 2.90 bits per heavy atom. The molecule has 0 aliphatic heterocycles. The van der Waals surface area contributed by atoms with Gasteiger partial charge in [0, 0.05) is 12.6 Å². The fourth-order valence-corrected chi connectivity index (χ4v) is 2.31. The molecule has 0 aliphatic carbocycles. The maximum Gasteiger partial charge on any atom is 0.299 e. The van der Waals surface area contributed by atoms with E-state index in [1.807, 2.05) is 0 Å². The average molecular weight is 316 g/mol. The normalized spacial score (nSPS) is 11.1. The predicted molar refractivity (Wildman–Crippen MR) is 77.9 cm³/mol. The number of halogens is 2. The second kappa shape index (κ2) is 6.97. The molecule has 0 aliphatic rings. The van der Waals surface area contributed by atoms with Crippen molar-refractivity contribution in [3.8, 4) is 10.9 Å². The maximum atomic E-state index is 13.0. The Balaban J connectivity index is 1.93. The van der Waals surface area contributed by atoms with Crippen molar-refractivity contribution in [2.24, 2.45) is 5.92 Å². The molecule has 2 aromatic rings. The largest absolute Gasteiger partial charge is 0.430 e. The van der Waals surface area contributed by atoms with Crippen molar-refractivity contribution in [1.82, 2.24) is 15.5 Å². The van der Waals surface area contributed by atoms with Crippen molar-refractivity contribution in [2.45, 2.75) is 20.4 Å². The summed E-state index contributed by atoms with van der Waals surface area (Å²) in [7, 11) is 0. The summed E-state index contributed by atoms with van der Waals surface area (Å²) in [6.07, 6.45) is 0. The molecule has 4 nitrogen and oxygen atoms in total. The van der Waals surface area contributed by atoms with Gasteiger partial charge in [-0.1, -0.05) is 41.9 Å². The zero-order valence-corrected chi connectivity index (χ0v) is 12.8. The molecule has 108 valence electrons. The highest BCUT2D eigenvalue weighted by molar-refractivity contribution is 7.13. The lowest BCUT2D eigenvalue weighted by molar-refractivity contribution is 0.471. The lowest BCUT2D eigenvalue weighted by atomic mass is 10.2. The summed E-state index contributed by atoms with van der Waals surface area (Å²) in [6, 6.07) is 4.16. The molecule has 0 amide bonds. The van der Waals surface area contributed by atoms with Crippen LogP contribution < -0.4 is 10.1 Å². The van der Waals surface area contributed by atoms with Gasteiger partial charge in [0.25, 0.3) is 5.19 Å². The Kier molecular flexibility index (Phi) is 5.28. The van der Waals surface area contributed by atoms with Gasteiger partial charge >= 0.3 is 0 Å². The maximum absolute atomic E-state index is 13.0. The van der Waals surface area contributed by atoms with Crippen LogP contribution >= 0.6 is 22.9 Å². The van der Waals surface area contributed by atoms with E-state index in [-0.39, 0.29) is 5.02 Å². The average Bonchev–Trinajstić information content (AvgIpc) is 2.81. The summed E-state index contributed by atoms with van der Waals surface area (Å²) in [5, 5.41) is 12.5. The van der Waals surface area contributed by atoms with E-state index < -0.39 is 5.82 Å². The third kappa shape index (κ3) is 4.40. The van der Waals surface area contributed by atoms with Gasteiger partial charge in [0.1, 0.15) is 16.6 Å². The van der Waals surface area contributed by atoms with Gasteiger partial charge in [-0.15, -0.1) is 5.10 Å². The third-order valence-corrected chi connectivity index (χ3v) is 3.46. The van der Waals surface area contributed by atoms with Crippen LogP contribution in [0, 0.1) is 11.7 Å². The summed E-state index contributed by atoms with van der Waals surface area (Å²) in [4.78, 5) is 0. The van der Waals surface area contributed by atoms with Crippen molar-refractivity contribution in [2.75, 3.05) is 6.54 Å². The highest BCUT2D eigenvalue weighted by atomic mass is 35.5. The summed E-state index contributed by atoms with van der Waals surface area (Å²) in [5.74, 6) is 0.545. The zero-order chi connectivity index (χ0) is 14.5. The molecule has 1 N–H and O–H groups in total. The molecule has 0 atom stereocenters. The van der Waals surface area contributed by atoms with E-state index in [1.54, 1.807) is 0 Å². The molecular weight excluding hydrogens is 301 g/mol. The first-order valence-corrected chi connectivity index (χ1v) is 7.40. The van der Waals surface area contributed by atoms with E-state index in [4.69, 9.17) is 16.3 Å². The van der Waals surface area contributed by atoms with E-state index in [9.17, 15) is 4.39 Å². The molecule has 2 rings (SSSR count). The standard InChI is InChI=1S/C13H15ClFN3OS/c1-8(2)6-16-7-12-17-18-13(20-12)19-9-3-4-11(15)10(14)5-9/h3-5,8,16H,6-7H2,1-2H3. The molecule has 0 unspecified atom stereocenters. The van der Waals surface area contributed by atoms with Gasteiger partial charge in [0.05, 0.1) is 5.02 Å². The minimum absolute atomic E-state index is 0.0193. The molecule has 20 heavy (non-hydrogen) atoms. The Morgan fingerprint density at radius 1 is 1.40 bits per heavy atom. The van der Waals surface area contributed by atoms with Gasteiger partial charge < -0.3 is 10.1 Å². The lowest BCUT2D eigenvalue weighted by Crippen LogP contribution is -2.18. The van der Waals surface area contributed by atoms with Crippen molar-refractivity contribution in [3.05, 3.63) is 34.0 Å². The second-order valence-corrected chi connectivity index (χ2v) is 6.10. The first-order chi connectivity index (χ1) is 9.54. The molecule has 0 saturated carbocycles. The van der Waals surface area contributed by atoms with E-state index in [0.29, 0.717) is 23.4 Å². The number of rotatable bonds is 6. The van der Waals surface area contributed by atoms with Crippen molar-refractivity contribution < 1.29 is 9.13 Å². The molecule has 1 aromatic carbocycles. The summed E-state index contributed by atoms with van der Waals surface area (Å²) in [5.41, 5.74) is 0. The zero-order valence-electron chi connectivity index (χ0n) is 11.2. The first-order valence-electron chi connectivity index (χ1n) is 6.20. The number of aromatic nitrogens is 2. The molecule has 0 fully saturated rings. The monoisotopic (exact) mass is 315 g/mol. The number of hydrogen-bond acceptors (Lipinski definition) is 5. The third-order valence-electron chi connectivity index (χ3n) is 2.37. The first kappa shape index (κ1) is 15.2. The Labute approximate surface area is 125 Å². The van der Waals surface area contributed by atoms with Crippen molar-refractivity contribution >= 4 is 22.9 Å². The Hall–Kier alpha value is -1.24. The van der Waals surface area contributed by atoms with Gasteiger partial charge in [-0.3, -0.25) is 0 Å².